The highest BCUT2D eigenvalue weighted by molar-refractivity contribution is 7.98. The molecule has 154 valence electrons. The zero-order chi connectivity index (χ0) is 18.2. The van der Waals surface area contributed by atoms with Crippen LogP contribution in [0, 0.1) is 11.8 Å². The lowest BCUT2D eigenvalue weighted by Gasteiger charge is -2.28. The minimum atomic E-state index is 0. The molecule has 28 heavy (non-hydrogen) atoms. The molecule has 2 unspecified atom stereocenters. The van der Waals surface area contributed by atoms with Gasteiger partial charge < -0.3 is 10.6 Å². The second-order valence-electron chi connectivity index (χ2n) is 7.01. The van der Waals surface area contributed by atoms with Gasteiger partial charge in [0.1, 0.15) is 0 Å². The molecule has 1 aliphatic rings. The first-order chi connectivity index (χ1) is 12.7. The van der Waals surface area contributed by atoms with Gasteiger partial charge in [-0.05, 0) is 73.7 Å². The number of pyridine rings is 1. The maximum absolute atomic E-state index is 12.3. The van der Waals surface area contributed by atoms with Gasteiger partial charge in [-0.1, -0.05) is 13.0 Å². The Morgan fingerprint density at radius 3 is 2.71 bits per heavy atom. The summed E-state index contributed by atoms with van der Waals surface area (Å²) in [5, 5.41) is 6.47. The third-order valence-electron chi connectivity index (χ3n) is 4.91. The van der Waals surface area contributed by atoms with Crippen molar-refractivity contribution in [1.82, 2.24) is 10.3 Å². The number of thioether (sulfide) groups is 1. The smallest absolute Gasteiger partial charge is 0.224 e. The number of amides is 1. The standard InChI is InChI=1S/C21H27N3OS.2ClH/c1-16(18-5-3-11-23-14-18)12-21(25)24-19-6-8-20(9-7-19)26-15-17-4-2-10-22-13-17;;/h2,4,6-10,13,16,18,23H,3,5,11-12,14-15H2,1H3,(H,24,25);2*1H. The normalized spacial score (nSPS) is 17.0. The highest BCUT2D eigenvalue weighted by Gasteiger charge is 2.21. The van der Waals surface area contributed by atoms with E-state index < -0.39 is 0 Å². The van der Waals surface area contributed by atoms with Crippen LogP contribution in [0.5, 0.6) is 0 Å². The zero-order valence-electron chi connectivity index (χ0n) is 16.1. The van der Waals surface area contributed by atoms with Crippen molar-refractivity contribution in [3.63, 3.8) is 0 Å². The van der Waals surface area contributed by atoms with E-state index in [0.29, 0.717) is 18.3 Å². The molecule has 1 amide bonds. The molecule has 1 fully saturated rings. The summed E-state index contributed by atoms with van der Waals surface area (Å²) in [4.78, 5) is 17.6. The third kappa shape index (κ3) is 8.00. The van der Waals surface area contributed by atoms with Gasteiger partial charge in [-0.3, -0.25) is 9.78 Å². The van der Waals surface area contributed by atoms with Crippen LogP contribution in [-0.4, -0.2) is 24.0 Å². The summed E-state index contributed by atoms with van der Waals surface area (Å²) in [6, 6.07) is 12.1. The van der Waals surface area contributed by atoms with Gasteiger partial charge in [0.25, 0.3) is 0 Å². The van der Waals surface area contributed by atoms with Crippen molar-refractivity contribution in [3.05, 3.63) is 54.4 Å². The van der Waals surface area contributed by atoms with Crippen molar-refractivity contribution in [2.24, 2.45) is 11.8 Å². The van der Waals surface area contributed by atoms with Crippen LogP contribution in [0.1, 0.15) is 31.7 Å². The SMILES string of the molecule is CC(CC(=O)Nc1ccc(SCc2cccnc2)cc1)C1CCCNC1.Cl.Cl. The lowest BCUT2D eigenvalue weighted by atomic mass is 9.85. The summed E-state index contributed by atoms with van der Waals surface area (Å²) in [6.07, 6.45) is 6.71. The Bertz CT molecular complexity index is 695. The second kappa shape index (κ2) is 13.0. The number of nitrogens with zero attached hydrogens (tertiary/aromatic N) is 1. The van der Waals surface area contributed by atoms with Gasteiger partial charge in [0.2, 0.25) is 5.91 Å². The molecular weight excluding hydrogens is 413 g/mol. The summed E-state index contributed by atoms with van der Waals surface area (Å²) < 4.78 is 0. The molecule has 1 aromatic carbocycles. The zero-order valence-corrected chi connectivity index (χ0v) is 18.5. The average Bonchev–Trinajstić information content (AvgIpc) is 2.69. The van der Waals surface area contributed by atoms with Crippen LogP contribution in [0.25, 0.3) is 0 Å². The van der Waals surface area contributed by atoms with E-state index in [-0.39, 0.29) is 30.7 Å². The fourth-order valence-electron chi connectivity index (χ4n) is 3.32. The van der Waals surface area contributed by atoms with E-state index in [2.05, 4.69) is 40.7 Å². The molecule has 0 radical (unpaired) electrons. The summed E-state index contributed by atoms with van der Waals surface area (Å²) in [7, 11) is 0. The molecule has 0 saturated carbocycles. The number of rotatable bonds is 7. The maximum atomic E-state index is 12.3. The Labute approximate surface area is 184 Å². The van der Waals surface area contributed by atoms with Gasteiger partial charge >= 0.3 is 0 Å². The number of benzene rings is 1. The quantitative estimate of drug-likeness (QED) is 0.580. The van der Waals surface area contributed by atoms with Gasteiger partial charge in [-0.2, -0.15) is 0 Å². The molecule has 1 aromatic heterocycles. The van der Waals surface area contributed by atoms with E-state index in [1.165, 1.54) is 23.3 Å². The molecule has 1 aliphatic heterocycles. The summed E-state index contributed by atoms with van der Waals surface area (Å²) in [6.45, 7) is 4.34. The van der Waals surface area contributed by atoms with Gasteiger partial charge in [0.05, 0.1) is 0 Å². The van der Waals surface area contributed by atoms with Crippen LogP contribution >= 0.6 is 36.6 Å². The highest BCUT2D eigenvalue weighted by atomic mass is 35.5. The summed E-state index contributed by atoms with van der Waals surface area (Å²) >= 11 is 1.77. The predicted octanol–water partition coefficient (Wildman–Crippen LogP) is 5.18. The predicted molar refractivity (Wildman–Crippen MR) is 123 cm³/mol. The number of hydrogen-bond donors (Lipinski definition) is 2. The maximum Gasteiger partial charge on any atom is 0.224 e. The van der Waals surface area contributed by atoms with E-state index in [1.54, 1.807) is 18.0 Å². The molecule has 0 aliphatic carbocycles. The molecular formula is C21H29Cl2N3OS. The number of anilines is 1. The number of piperidine rings is 1. The summed E-state index contributed by atoms with van der Waals surface area (Å²) in [5.41, 5.74) is 2.08. The summed E-state index contributed by atoms with van der Waals surface area (Å²) in [5.74, 6) is 2.03. The lowest BCUT2D eigenvalue weighted by molar-refractivity contribution is -0.117. The molecule has 2 heterocycles. The number of hydrogen-bond acceptors (Lipinski definition) is 4. The van der Waals surface area contributed by atoms with Crippen molar-refractivity contribution in [1.29, 1.82) is 0 Å². The number of halogens is 2. The van der Waals surface area contributed by atoms with Gasteiger partial charge in [0, 0.05) is 35.2 Å². The molecule has 3 rings (SSSR count). The van der Waals surface area contributed by atoms with E-state index in [0.717, 1.165) is 24.5 Å². The first-order valence-corrected chi connectivity index (χ1v) is 10.3. The fraction of sp³-hybridized carbons (Fsp3) is 0.429. The van der Waals surface area contributed by atoms with E-state index in [1.807, 2.05) is 24.4 Å². The Morgan fingerprint density at radius 1 is 1.29 bits per heavy atom. The van der Waals surface area contributed by atoms with E-state index in [4.69, 9.17) is 0 Å². The minimum absolute atomic E-state index is 0. The van der Waals surface area contributed by atoms with Crippen molar-refractivity contribution in [3.8, 4) is 0 Å². The molecule has 2 atom stereocenters. The topological polar surface area (TPSA) is 54.0 Å². The van der Waals surface area contributed by atoms with Crippen LogP contribution in [0.2, 0.25) is 0 Å². The Hall–Kier alpha value is -1.27. The minimum Gasteiger partial charge on any atom is -0.326 e. The number of carbonyl (C=O) groups excluding carboxylic acids is 1. The first kappa shape index (κ1) is 24.8. The molecule has 4 nitrogen and oxygen atoms in total. The molecule has 7 heteroatoms. The molecule has 2 aromatic rings. The molecule has 0 spiro atoms. The first-order valence-electron chi connectivity index (χ1n) is 9.33. The lowest BCUT2D eigenvalue weighted by Crippen LogP contribution is -2.34. The van der Waals surface area contributed by atoms with Gasteiger partial charge in [-0.15, -0.1) is 36.6 Å². The van der Waals surface area contributed by atoms with Crippen LogP contribution in [0.3, 0.4) is 0 Å². The molecule has 1 saturated heterocycles. The fourth-order valence-corrected chi connectivity index (χ4v) is 4.15. The van der Waals surface area contributed by atoms with Crippen LogP contribution < -0.4 is 10.6 Å². The number of carbonyl (C=O) groups is 1. The number of aromatic nitrogens is 1. The van der Waals surface area contributed by atoms with E-state index in [9.17, 15) is 4.79 Å². The average molecular weight is 442 g/mol. The largest absolute Gasteiger partial charge is 0.326 e. The Kier molecular flexibility index (Phi) is 11.5. The Balaban J connectivity index is 0.00000196. The molecule has 0 bridgehead atoms. The van der Waals surface area contributed by atoms with Crippen molar-refractivity contribution in [2.75, 3.05) is 18.4 Å². The third-order valence-corrected chi connectivity index (χ3v) is 6.00. The van der Waals surface area contributed by atoms with Gasteiger partial charge in [0.15, 0.2) is 0 Å². The van der Waals surface area contributed by atoms with Crippen LogP contribution in [0.4, 0.5) is 5.69 Å². The number of nitrogens with one attached hydrogen (secondary N) is 2. The monoisotopic (exact) mass is 441 g/mol. The highest BCUT2D eigenvalue weighted by Crippen LogP contribution is 2.25. The van der Waals surface area contributed by atoms with Crippen molar-refractivity contribution < 1.29 is 4.79 Å². The Morgan fingerprint density at radius 2 is 2.07 bits per heavy atom. The van der Waals surface area contributed by atoms with Crippen molar-refractivity contribution >= 4 is 48.2 Å². The van der Waals surface area contributed by atoms with Crippen molar-refractivity contribution in [2.45, 2.75) is 36.8 Å². The molecule has 2 N–H and O–H groups in total. The van der Waals surface area contributed by atoms with Crippen LogP contribution in [0.15, 0.2) is 53.7 Å². The van der Waals surface area contributed by atoms with Crippen LogP contribution in [-0.2, 0) is 10.5 Å². The van der Waals surface area contributed by atoms with E-state index >= 15 is 0 Å². The second-order valence-corrected chi connectivity index (χ2v) is 8.06. The van der Waals surface area contributed by atoms with Gasteiger partial charge in [-0.25, -0.2) is 0 Å².